The van der Waals surface area contributed by atoms with E-state index in [9.17, 15) is 0 Å². The molecule has 0 fully saturated rings. The Morgan fingerprint density at radius 2 is 1.74 bits per heavy atom. The molecule has 0 bridgehead atoms. The zero-order valence-corrected chi connectivity index (χ0v) is 12.6. The Hall–Kier alpha value is -1.02. The second-order valence-corrected chi connectivity index (χ2v) is 5.33. The third kappa shape index (κ3) is 3.30. The second kappa shape index (κ2) is 6.42. The summed E-state index contributed by atoms with van der Waals surface area (Å²) < 4.78 is 0. The summed E-state index contributed by atoms with van der Waals surface area (Å²) in [4.78, 5) is 0. The van der Waals surface area contributed by atoms with E-state index in [4.69, 9.17) is 23.2 Å². The van der Waals surface area contributed by atoms with Crippen molar-refractivity contribution in [1.29, 1.82) is 0 Å². The van der Waals surface area contributed by atoms with Crippen LogP contribution in [0.4, 0.5) is 0 Å². The monoisotopic (exact) mass is 293 g/mol. The van der Waals surface area contributed by atoms with Crippen molar-refractivity contribution in [2.75, 3.05) is 6.54 Å². The van der Waals surface area contributed by atoms with Gasteiger partial charge in [-0.25, -0.2) is 0 Å². The third-order valence-corrected chi connectivity index (χ3v) is 3.91. The number of nitrogens with one attached hydrogen (secondary N) is 1. The topological polar surface area (TPSA) is 12.0 Å². The van der Waals surface area contributed by atoms with E-state index in [1.54, 1.807) is 0 Å². The molecule has 2 aromatic rings. The van der Waals surface area contributed by atoms with Crippen LogP contribution in [0.25, 0.3) is 0 Å². The molecule has 1 atom stereocenters. The first-order chi connectivity index (χ1) is 9.13. The number of benzene rings is 2. The van der Waals surface area contributed by atoms with Crippen LogP contribution in [-0.2, 0) is 0 Å². The smallest absolute Gasteiger partial charge is 0.0591 e. The van der Waals surface area contributed by atoms with Crippen molar-refractivity contribution in [3.8, 4) is 0 Å². The lowest BCUT2D eigenvalue weighted by atomic mass is 9.97. The highest BCUT2D eigenvalue weighted by Gasteiger charge is 2.16. The maximum absolute atomic E-state index is 6.44. The minimum Gasteiger partial charge on any atom is -0.306 e. The van der Waals surface area contributed by atoms with Gasteiger partial charge in [0.25, 0.3) is 0 Å². The first-order valence-electron chi connectivity index (χ1n) is 6.37. The summed E-state index contributed by atoms with van der Waals surface area (Å²) in [6, 6.07) is 14.1. The van der Waals surface area contributed by atoms with Crippen LogP contribution >= 0.6 is 23.2 Å². The van der Waals surface area contributed by atoms with E-state index in [1.807, 2.05) is 43.3 Å². The number of hydrogen-bond donors (Lipinski definition) is 1. The van der Waals surface area contributed by atoms with Crippen LogP contribution < -0.4 is 5.32 Å². The molecule has 1 unspecified atom stereocenters. The Morgan fingerprint density at radius 1 is 1.05 bits per heavy atom. The maximum atomic E-state index is 6.44. The van der Waals surface area contributed by atoms with Crippen LogP contribution in [0.15, 0.2) is 42.5 Å². The standard InChI is InChI=1S/C16H17Cl2N/c1-3-19-16(12-7-9-13(17)10-8-12)14-6-4-5-11(2)15(14)18/h4-10,16,19H,3H2,1-2H3. The first-order valence-corrected chi connectivity index (χ1v) is 7.13. The Balaban J connectivity index is 2.45. The predicted octanol–water partition coefficient (Wildman–Crippen LogP) is 5.00. The quantitative estimate of drug-likeness (QED) is 0.836. The van der Waals surface area contributed by atoms with Gasteiger partial charge in [-0.15, -0.1) is 0 Å². The van der Waals surface area contributed by atoms with Gasteiger partial charge in [-0.05, 0) is 42.3 Å². The lowest BCUT2D eigenvalue weighted by Crippen LogP contribution is -2.22. The van der Waals surface area contributed by atoms with Crippen molar-refractivity contribution >= 4 is 23.2 Å². The van der Waals surface area contributed by atoms with Crippen molar-refractivity contribution in [2.45, 2.75) is 19.9 Å². The zero-order valence-electron chi connectivity index (χ0n) is 11.1. The van der Waals surface area contributed by atoms with E-state index in [2.05, 4.69) is 18.3 Å². The highest BCUT2D eigenvalue weighted by Crippen LogP contribution is 2.30. The van der Waals surface area contributed by atoms with E-state index in [0.717, 1.165) is 27.7 Å². The number of rotatable bonds is 4. The molecule has 2 rings (SSSR count). The SMILES string of the molecule is CCNC(c1ccc(Cl)cc1)c1cccc(C)c1Cl. The van der Waals surface area contributed by atoms with E-state index in [0.29, 0.717) is 0 Å². The van der Waals surface area contributed by atoms with Crippen LogP contribution in [0.5, 0.6) is 0 Å². The minimum atomic E-state index is 0.0923. The fraction of sp³-hybridized carbons (Fsp3) is 0.250. The van der Waals surface area contributed by atoms with Gasteiger partial charge in [0.2, 0.25) is 0 Å². The Morgan fingerprint density at radius 3 is 2.37 bits per heavy atom. The molecule has 0 saturated heterocycles. The normalized spacial score (nSPS) is 12.4. The molecule has 3 heteroatoms. The molecular formula is C16H17Cl2N. The van der Waals surface area contributed by atoms with Gasteiger partial charge in [-0.3, -0.25) is 0 Å². The van der Waals surface area contributed by atoms with Gasteiger partial charge in [-0.1, -0.05) is 60.5 Å². The predicted molar refractivity (Wildman–Crippen MR) is 83.2 cm³/mol. The van der Waals surface area contributed by atoms with Gasteiger partial charge in [0, 0.05) is 10.0 Å². The first kappa shape index (κ1) is 14.4. The third-order valence-electron chi connectivity index (χ3n) is 3.14. The molecule has 0 spiro atoms. The van der Waals surface area contributed by atoms with Crippen LogP contribution in [0.2, 0.25) is 10.0 Å². The second-order valence-electron chi connectivity index (χ2n) is 4.52. The molecular weight excluding hydrogens is 277 g/mol. The molecule has 0 amide bonds. The average molecular weight is 294 g/mol. The van der Waals surface area contributed by atoms with Crippen molar-refractivity contribution in [3.05, 3.63) is 69.2 Å². The van der Waals surface area contributed by atoms with Gasteiger partial charge in [0.15, 0.2) is 0 Å². The van der Waals surface area contributed by atoms with Crippen molar-refractivity contribution in [1.82, 2.24) is 5.32 Å². The van der Waals surface area contributed by atoms with Crippen LogP contribution in [-0.4, -0.2) is 6.54 Å². The molecule has 0 aliphatic carbocycles. The largest absolute Gasteiger partial charge is 0.306 e. The molecule has 100 valence electrons. The lowest BCUT2D eigenvalue weighted by Gasteiger charge is -2.21. The molecule has 0 radical (unpaired) electrons. The van der Waals surface area contributed by atoms with Crippen LogP contribution in [0.3, 0.4) is 0 Å². The summed E-state index contributed by atoms with van der Waals surface area (Å²) in [6.45, 7) is 4.99. The zero-order chi connectivity index (χ0) is 13.8. The average Bonchev–Trinajstić information content (AvgIpc) is 2.41. The van der Waals surface area contributed by atoms with Crippen molar-refractivity contribution < 1.29 is 0 Å². The van der Waals surface area contributed by atoms with Crippen LogP contribution in [0.1, 0.15) is 29.7 Å². The molecule has 1 nitrogen and oxygen atoms in total. The number of aryl methyl sites for hydroxylation is 1. The molecule has 0 aromatic heterocycles. The highest BCUT2D eigenvalue weighted by atomic mass is 35.5. The molecule has 0 aliphatic rings. The van der Waals surface area contributed by atoms with Gasteiger partial charge in [-0.2, -0.15) is 0 Å². The van der Waals surface area contributed by atoms with E-state index in [1.165, 1.54) is 5.56 Å². The minimum absolute atomic E-state index is 0.0923. The Bertz CT molecular complexity index is 549. The maximum Gasteiger partial charge on any atom is 0.0591 e. The number of halogens is 2. The molecule has 19 heavy (non-hydrogen) atoms. The molecule has 0 heterocycles. The summed E-state index contributed by atoms with van der Waals surface area (Å²) in [5, 5.41) is 5.04. The summed E-state index contributed by atoms with van der Waals surface area (Å²) in [5.74, 6) is 0. The lowest BCUT2D eigenvalue weighted by molar-refractivity contribution is 0.630. The highest BCUT2D eigenvalue weighted by molar-refractivity contribution is 6.32. The fourth-order valence-corrected chi connectivity index (χ4v) is 2.52. The summed E-state index contributed by atoms with van der Waals surface area (Å²) in [7, 11) is 0. The fourth-order valence-electron chi connectivity index (χ4n) is 2.16. The van der Waals surface area contributed by atoms with Gasteiger partial charge >= 0.3 is 0 Å². The van der Waals surface area contributed by atoms with Gasteiger partial charge < -0.3 is 5.32 Å². The van der Waals surface area contributed by atoms with Crippen LogP contribution in [0, 0.1) is 6.92 Å². The summed E-state index contributed by atoms with van der Waals surface area (Å²) >= 11 is 12.4. The van der Waals surface area contributed by atoms with Gasteiger partial charge in [0.05, 0.1) is 6.04 Å². The van der Waals surface area contributed by atoms with E-state index >= 15 is 0 Å². The molecule has 1 N–H and O–H groups in total. The van der Waals surface area contributed by atoms with Gasteiger partial charge in [0.1, 0.15) is 0 Å². The summed E-state index contributed by atoms with van der Waals surface area (Å²) in [6.07, 6.45) is 0. The Labute approximate surface area is 124 Å². The molecule has 0 saturated carbocycles. The van der Waals surface area contributed by atoms with Crippen molar-refractivity contribution in [2.24, 2.45) is 0 Å². The summed E-state index contributed by atoms with van der Waals surface area (Å²) in [5.41, 5.74) is 3.36. The van der Waals surface area contributed by atoms with Crippen molar-refractivity contribution in [3.63, 3.8) is 0 Å². The van der Waals surface area contributed by atoms with E-state index in [-0.39, 0.29) is 6.04 Å². The molecule has 2 aromatic carbocycles. The Kier molecular flexibility index (Phi) is 4.87. The number of hydrogen-bond acceptors (Lipinski definition) is 1. The van der Waals surface area contributed by atoms with E-state index < -0.39 is 0 Å². The molecule has 0 aliphatic heterocycles.